The molecule has 0 aliphatic heterocycles. The molecular formula is C14H22O2. The smallest absolute Gasteiger partial charge is 0.306 e. The fourth-order valence-corrected chi connectivity index (χ4v) is 1.82. The second-order valence-corrected chi connectivity index (χ2v) is 6.05. The Morgan fingerprint density at radius 3 is 2.06 bits per heavy atom. The average Bonchev–Trinajstić information content (AvgIpc) is 2.49. The number of ether oxygens (including phenoxy) is 1. The fourth-order valence-electron chi connectivity index (χ4n) is 1.82. The Labute approximate surface area is 98.4 Å². The van der Waals surface area contributed by atoms with Gasteiger partial charge in [-0.25, -0.2) is 0 Å². The standard InChI is InChI=1S/C14H22O2/c1-13(2,3)16-12(15)10-14(4,5)11-8-6-7-9-11/h6-9,11H,10H2,1-5H3. The number of esters is 1. The van der Waals surface area contributed by atoms with Crippen LogP contribution in [0, 0.1) is 11.3 Å². The first-order valence-corrected chi connectivity index (χ1v) is 5.77. The van der Waals surface area contributed by atoms with Gasteiger partial charge in [0.15, 0.2) is 0 Å². The van der Waals surface area contributed by atoms with Crippen molar-refractivity contribution < 1.29 is 9.53 Å². The summed E-state index contributed by atoms with van der Waals surface area (Å²) in [5.74, 6) is 0.214. The monoisotopic (exact) mass is 222 g/mol. The van der Waals surface area contributed by atoms with E-state index in [1.54, 1.807) is 0 Å². The lowest BCUT2D eigenvalue weighted by atomic mass is 9.77. The molecule has 0 fully saturated rings. The van der Waals surface area contributed by atoms with Crippen LogP contribution in [0.15, 0.2) is 24.3 Å². The second kappa shape index (κ2) is 4.44. The minimum Gasteiger partial charge on any atom is -0.460 e. The zero-order chi connectivity index (χ0) is 12.4. The Morgan fingerprint density at radius 1 is 1.12 bits per heavy atom. The average molecular weight is 222 g/mol. The van der Waals surface area contributed by atoms with Gasteiger partial charge in [0.05, 0.1) is 6.42 Å². The first-order valence-electron chi connectivity index (χ1n) is 5.77. The first-order chi connectivity index (χ1) is 7.21. The molecule has 90 valence electrons. The SMILES string of the molecule is CC(C)(C)OC(=O)CC(C)(C)C1C=CC=C1. The van der Waals surface area contributed by atoms with Crippen molar-refractivity contribution in [1.82, 2.24) is 0 Å². The summed E-state index contributed by atoms with van der Waals surface area (Å²) in [6.07, 6.45) is 8.77. The van der Waals surface area contributed by atoms with Gasteiger partial charge >= 0.3 is 5.97 Å². The number of hydrogen-bond donors (Lipinski definition) is 0. The van der Waals surface area contributed by atoms with E-state index in [2.05, 4.69) is 26.0 Å². The molecule has 2 heteroatoms. The summed E-state index contributed by atoms with van der Waals surface area (Å²) in [6.45, 7) is 9.89. The quantitative estimate of drug-likeness (QED) is 0.683. The van der Waals surface area contributed by atoms with Gasteiger partial charge in [-0.3, -0.25) is 4.79 Å². The van der Waals surface area contributed by atoms with Crippen LogP contribution in [0.5, 0.6) is 0 Å². The summed E-state index contributed by atoms with van der Waals surface area (Å²) in [6, 6.07) is 0. The molecule has 0 radical (unpaired) electrons. The predicted octanol–water partition coefficient (Wildman–Crippen LogP) is 3.49. The van der Waals surface area contributed by atoms with Crippen molar-refractivity contribution >= 4 is 5.97 Å². The van der Waals surface area contributed by atoms with Gasteiger partial charge in [0.25, 0.3) is 0 Å². The molecule has 0 amide bonds. The Morgan fingerprint density at radius 2 is 1.62 bits per heavy atom. The van der Waals surface area contributed by atoms with Gasteiger partial charge in [0, 0.05) is 5.92 Å². The van der Waals surface area contributed by atoms with Crippen molar-refractivity contribution in [2.75, 3.05) is 0 Å². The molecule has 0 saturated carbocycles. The molecular weight excluding hydrogens is 200 g/mol. The molecule has 1 aliphatic rings. The summed E-state index contributed by atoms with van der Waals surface area (Å²) < 4.78 is 5.35. The molecule has 2 nitrogen and oxygen atoms in total. The number of hydrogen-bond acceptors (Lipinski definition) is 2. The molecule has 1 aliphatic carbocycles. The number of rotatable bonds is 3. The third-order valence-corrected chi connectivity index (χ3v) is 2.67. The second-order valence-electron chi connectivity index (χ2n) is 6.05. The van der Waals surface area contributed by atoms with Gasteiger partial charge in [-0.05, 0) is 26.2 Å². The van der Waals surface area contributed by atoms with E-state index in [1.165, 1.54) is 0 Å². The van der Waals surface area contributed by atoms with Crippen molar-refractivity contribution in [2.24, 2.45) is 11.3 Å². The van der Waals surface area contributed by atoms with Crippen molar-refractivity contribution in [2.45, 2.75) is 46.6 Å². The van der Waals surface area contributed by atoms with E-state index in [4.69, 9.17) is 4.74 Å². The lowest BCUT2D eigenvalue weighted by Crippen LogP contribution is -2.30. The topological polar surface area (TPSA) is 26.3 Å². The van der Waals surface area contributed by atoms with Crippen molar-refractivity contribution in [3.63, 3.8) is 0 Å². The minimum atomic E-state index is -0.394. The van der Waals surface area contributed by atoms with E-state index < -0.39 is 5.60 Å². The highest BCUT2D eigenvalue weighted by Crippen LogP contribution is 2.35. The van der Waals surface area contributed by atoms with Crippen LogP contribution in [0.3, 0.4) is 0 Å². The maximum Gasteiger partial charge on any atom is 0.306 e. The molecule has 0 saturated heterocycles. The Bertz CT molecular complexity index is 304. The van der Waals surface area contributed by atoms with Crippen LogP contribution < -0.4 is 0 Å². The highest BCUT2D eigenvalue weighted by Gasteiger charge is 2.31. The maximum absolute atomic E-state index is 11.8. The largest absolute Gasteiger partial charge is 0.460 e. The van der Waals surface area contributed by atoms with Gasteiger partial charge < -0.3 is 4.74 Å². The van der Waals surface area contributed by atoms with Crippen LogP contribution in [0.1, 0.15) is 41.0 Å². The van der Waals surface area contributed by atoms with Crippen LogP contribution in [0.25, 0.3) is 0 Å². The number of allylic oxidation sites excluding steroid dienone is 4. The van der Waals surface area contributed by atoms with Crippen LogP contribution in [-0.2, 0) is 9.53 Å². The third-order valence-electron chi connectivity index (χ3n) is 2.67. The zero-order valence-corrected chi connectivity index (χ0v) is 10.9. The molecule has 1 rings (SSSR count). The molecule has 0 unspecified atom stereocenters. The summed E-state index contributed by atoms with van der Waals surface area (Å²) in [7, 11) is 0. The molecule has 0 atom stereocenters. The van der Waals surface area contributed by atoms with Gasteiger partial charge in [-0.2, -0.15) is 0 Å². The van der Waals surface area contributed by atoms with Crippen LogP contribution in [-0.4, -0.2) is 11.6 Å². The van der Waals surface area contributed by atoms with E-state index in [9.17, 15) is 4.79 Å². The molecule has 0 heterocycles. The summed E-state index contributed by atoms with van der Waals surface area (Å²) in [4.78, 5) is 11.8. The summed E-state index contributed by atoms with van der Waals surface area (Å²) in [5.41, 5.74) is -0.472. The van der Waals surface area contributed by atoms with E-state index in [0.717, 1.165) is 0 Å². The third kappa shape index (κ3) is 3.84. The molecule has 0 aromatic rings. The zero-order valence-electron chi connectivity index (χ0n) is 10.9. The van der Waals surface area contributed by atoms with Crippen molar-refractivity contribution in [1.29, 1.82) is 0 Å². The Balaban J connectivity index is 2.55. The molecule has 0 spiro atoms. The summed E-state index contributed by atoms with van der Waals surface area (Å²) in [5, 5.41) is 0. The molecule has 16 heavy (non-hydrogen) atoms. The Kier molecular flexibility index (Phi) is 3.61. The molecule has 0 aromatic carbocycles. The number of carbonyl (C=O) groups excluding carboxylic acids is 1. The van der Waals surface area contributed by atoms with Gasteiger partial charge in [0.2, 0.25) is 0 Å². The normalized spacial score (nSPS) is 16.8. The minimum absolute atomic E-state index is 0.0775. The highest BCUT2D eigenvalue weighted by atomic mass is 16.6. The molecule has 0 aromatic heterocycles. The van der Waals surface area contributed by atoms with Gasteiger partial charge in [-0.15, -0.1) is 0 Å². The molecule has 0 bridgehead atoms. The lowest BCUT2D eigenvalue weighted by molar-refractivity contribution is -0.157. The van der Waals surface area contributed by atoms with E-state index in [1.807, 2.05) is 32.9 Å². The van der Waals surface area contributed by atoms with Crippen molar-refractivity contribution in [3.8, 4) is 0 Å². The van der Waals surface area contributed by atoms with Crippen molar-refractivity contribution in [3.05, 3.63) is 24.3 Å². The lowest BCUT2D eigenvalue weighted by Gasteiger charge is -2.30. The highest BCUT2D eigenvalue weighted by molar-refractivity contribution is 5.70. The van der Waals surface area contributed by atoms with E-state index >= 15 is 0 Å². The van der Waals surface area contributed by atoms with Gasteiger partial charge in [0.1, 0.15) is 5.60 Å². The predicted molar refractivity (Wildman–Crippen MR) is 66.0 cm³/mol. The Hall–Kier alpha value is -1.05. The first kappa shape index (κ1) is 13.0. The van der Waals surface area contributed by atoms with Crippen LogP contribution in [0.4, 0.5) is 0 Å². The van der Waals surface area contributed by atoms with Gasteiger partial charge in [-0.1, -0.05) is 38.2 Å². The van der Waals surface area contributed by atoms with Crippen LogP contribution in [0.2, 0.25) is 0 Å². The van der Waals surface area contributed by atoms with Crippen LogP contribution >= 0.6 is 0 Å². The molecule has 0 N–H and O–H groups in total. The maximum atomic E-state index is 11.8. The summed E-state index contributed by atoms with van der Waals surface area (Å²) >= 11 is 0. The van der Waals surface area contributed by atoms with E-state index in [-0.39, 0.29) is 11.4 Å². The van der Waals surface area contributed by atoms with E-state index in [0.29, 0.717) is 12.3 Å². The fraction of sp³-hybridized carbons (Fsp3) is 0.643. The number of carbonyl (C=O) groups is 1.